The number of carbonyl (C=O) groups is 1. The van der Waals surface area contributed by atoms with Crippen molar-refractivity contribution in [2.24, 2.45) is 5.73 Å². The van der Waals surface area contributed by atoms with Gasteiger partial charge in [-0.1, -0.05) is 15.9 Å². The Kier molecular flexibility index (Phi) is 3.91. The molecule has 0 bridgehead atoms. The zero-order chi connectivity index (χ0) is 10.6. The van der Waals surface area contributed by atoms with Crippen LogP contribution in [0.3, 0.4) is 0 Å². The molecule has 14 heavy (non-hydrogen) atoms. The van der Waals surface area contributed by atoms with Gasteiger partial charge < -0.3 is 9.84 Å². The Morgan fingerprint density at radius 1 is 1.50 bits per heavy atom. The van der Waals surface area contributed by atoms with Gasteiger partial charge in [0.05, 0.1) is 6.42 Å². The topological polar surface area (TPSA) is 72.6 Å². The summed E-state index contributed by atoms with van der Waals surface area (Å²) < 4.78 is 6.08. The van der Waals surface area contributed by atoms with Crippen LogP contribution in [0.25, 0.3) is 0 Å². The molecule has 0 aliphatic carbocycles. The van der Waals surface area contributed by atoms with Crippen molar-refractivity contribution in [2.75, 3.05) is 0 Å². The summed E-state index contributed by atoms with van der Waals surface area (Å²) in [6.07, 6.45) is -1.02. The van der Waals surface area contributed by atoms with Gasteiger partial charge in [0.25, 0.3) is 0 Å². The maximum Gasteiger partial charge on any atom is 0.308 e. The fourth-order valence-corrected chi connectivity index (χ4v) is 1.17. The van der Waals surface area contributed by atoms with E-state index < -0.39 is 12.2 Å². The van der Waals surface area contributed by atoms with E-state index in [4.69, 9.17) is 15.6 Å². The highest BCUT2D eigenvalue weighted by atomic mass is 79.9. The Bertz CT molecular complexity index is 312. The van der Waals surface area contributed by atoms with Gasteiger partial charge in [0, 0.05) is 4.47 Å². The van der Waals surface area contributed by atoms with Gasteiger partial charge in [-0.15, -0.1) is 0 Å². The van der Waals surface area contributed by atoms with Crippen molar-refractivity contribution in [3.63, 3.8) is 0 Å². The largest absolute Gasteiger partial charge is 0.481 e. The van der Waals surface area contributed by atoms with Crippen LogP contribution in [0.1, 0.15) is 6.42 Å². The van der Waals surface area contributed by atoms with Gasteiger partial charge in [-0.2, -0.15) is 0 Å². The minimum Gasteiger partial charge on any atom is -0.481 e. The quantitative estimate of drug-likeness (QED) is 0.806. The number of hydrogen-bond acceptors (Lipinski definition) is 3. The molecule has 0 fully saturated rings. The van der Waals surface area contributed by atoms with Crippen molar-refractivity contribution in [3.8, 4) is 5.75 Å². The van der Waals surface area contributed by atoms with E-state index in [9.17, 15) is 4.79 Å². The van der Waals surface area contributed by atoms with E-state index in [0.717, 1.165) is 4.47 Å². The summed E-state index contributed by atoms with van der Waals surface area (Å²) >= 11 is 3.27. The maximum absolute atomic E-state index is 10.3. The highest BCUT2D eigenvalue weighted by Crippen LogP contribution is 2.16. The molecule has 0 aliphatic heterocycles. The maximum atomic E-state index is 10.3. The minimum atomic E-state index is -0.977. The molecule has 0 radical (unpaired) electrons. The van der Waals surface area contributed by atoms with Crippen molar-refractivity contribution < 1.29 is 14.6 Å². The first-order valence-electron chi connectivity index (χ1n) is 3.97. The third-order valence-electron chi connectivity index (χ3n) is 1.48. The standard InChI is InChI=1S/C9H10BrNO3/c10-6-1-3-7(4-2-6)14-8(11)5-9(12)13/h1-4,8H,5,11H2,(H,12,13). The molecule has 1 rings (SSSR count). The second kappa shape index (κ2) is 4.97. The highest BCUT2D eigenvalue weighted by molar-refractivity contribution is 9.10. The first-order valence-corrected chi connectivity index (χ1v) is 4.77. The zero-order valence-electron chi connectivity index (χ0n) is 7.31. The molecule has 1 unspecified atom stereocenters. The summed E-state index contributed by atoms with van der Waals surface area (Å²) in [6, 6.07) is 7.02. The van der Waals surface area contributed by atoms with Crippen LogP contribution in [-0.4, -0.2) is 17.3 Å². The van der Waals surface area contributed by atoms with Crippen molar-refractivity contribution in [3.05, 3.63) is 28.7 Å². The van der Waals surface area contributed by atoms with Gasteiger partial charge in [-0.25, -0.2) is 0 Å². The number of halogens is 1. The lowest BCUT2D eigenvalue weighted by atomic mass is 10.3. The second-order valence-corrected chi connectivity index (χ2v) is 3.62. The Balaban J connectivity index is 2.51. The summed E-state index contributed by atoms with van der Waals surface area (Å²) in [6.45, 7) is 0. The second-order valence-electron chi connectivity index (χ2n) is 2.71. The molecule has 0 amide bonds. The number of carboxylic acid groups (broad SMARTS) is 1. The fourth-order valence-electron chi connectivity index (χ4n) is 0.902. The molecule has 76 valence electrons. The van der Waals surface area contributed by atoms with Crippen LogP contribution < -0.4 is 10.5 Å². The number of hydrogen-bond donors (Lipinski definition) is 2. The van der Waals surface area contributed by atoms with E-state index >= 15 is 0 Å². The number of carboxylic acids is 1. The number of benzene rings is 1. The van der Waals surface area contributed by atoms with E-state index in [-0.39, 0.29) is 6.42 Å². The molecular weight excluding hydrogens is 250 g/mol. The van der Waals surface area contributed by atoms with E-state index in [2.05, 4.69) is 15.9 Å². The summed E-state index contributed by atoms with van der Waals surface area (Å²) in [4.78, 5) is 10.3. The molecule has 1 atom stereocenters. The van der Waals surface area contributed by atoms with Crippen molar-refractivity contribution in [1.29, 1.82) is 0 Å². The summed E-state index contributed by atoms with van der Waals surface area (Å²) in [5.74, 6) is -0.420. The Morgan fingerprint density at radius 2 is 2.07 bits per heavy atom. The van der Waals surface area contributed by atoms with Gasteiger partial charge in [0.15, 0.2) is 6.23 Å². The zero-order valence-corrected chi connectivity index (χ0v) is 8.90. The van der Waals surface area contributed by atoms with Crippen LogP contribution in [0.2, 0.25) is 0 Å². The van der Waals surface area contributed by atoms with Crippen LogP contribution in [-0.2, 0) is 4.79 Å². The molecule has 1 aromatic carbocycles. The van der Waals surface area contributed by atoms with Crippen LogP contribution in [0, 0.1) is 0 Å². The normalized spacial score (nSPS) is 12.1. The smallest absolute Gasteiger partial charge is 0.308 e. The number of aliphatic carboxylic acids is 1. The number of rotatable bonds is 4. The van der Waals surface area contributed by atoms with Gasteiger partial charge in [0.1, 0.15) is 5.75 Å². The summed E-state index contributed by atoms with van der Waals surface area (Å²) in [7, 11) is 0. The molecule has 5 heteroatoms. The van der Waals surface area contributed by atoms with E-state index in [1.165, 1.54) is 0 Å². The highest BCUT2D eigenvalue weighted by Gasteiger charge is 2.08. The Hall–Kier alpha value is -1.07. The average molecular weight is 260 g/mol. The molecule has 0 saturated carbocycles. The van der Waals surface area contributed by atoms with Crippen LogP contribution >= 0.6 is 15.9 Å². The van der Waals surface area contributed by atoms with Crippen LogP contribution in [0.15, 0.2) is 28.7 Å². The molecule has 4 nitrogen and oxygen atoms in total. The van der Waals surface area contributed by atoms with E-state index in [1.807, 2.05) is 0 Å². The molecule has 3 N–H and O–H groups in total. The van der Waals surface area contributed by atoms with Gasteiger partial charge in [0.2, 0.25) is 0 Å². The molecular formula is C9H10BrNO3. The Morgan fingerprint density at radius 3 is 2.57 bits per heavy atom. The van der Waals surface area contributed by atoms with Gasteiger partial charge >= 0.3 is 5.97 Å². The molecule has 0 aliphatic rings. The van der Waals surface area contributed by atoms with Gasteiger partial charge in [-0.05, 0) is 24.3 Å². The minimum absolute atomic E-state index is 0.212. The number of nitrogens with two attached hydrogens (primary N) is 1. The predicted molar refractivity (Wildman–Crippen MR) is 55.0 cm³/mol. The fraction of sp³-hybridized carbons (Fsp3) is 0.222. The lowest BCUT2D eigenvalue weighted by Gasteiger charge is -2.11. The molecule has 1 aromatic rings. The summed E-state index contributed by atoms with van der Waals surface area (Å²) in [5.41, 5.74) is 5.43. The molecule has 0 spiro atoms. The Labute approximate surface area is 89.8 Å². The van der Waals surface area contributed by atoms with E-state index in [1.54, 1.807) is 24.3 Å². The van der Waals surface area contributed by atoms with Gasteiger partial charge in [-0.3, -0.25) is 10.5 Å². The van der Waals surface area contributed by atoms with Crippen LogP contribution in [0.4, 0.5) is 0 Å². The van der Waals surface area contributed by atoms with Crippen molar-refractivity contribution >= 4 is 21.9 Å². The summed E-state index contributed by atoms with van der Waals surface area (Å²) in [5, 5.41) is 8.44. The van der Waals surface area contributed by atoms with Crippen molar-refractivity contribution in [2.45, 2.75) is 12.6 Å². The molecule has 0 saturated heterocycles. The predicted octanol–water partition coefficient (Wildman–Crippen LogP) is 1.59. The third-order valence-corrected chi connectivity index (χ3v) is 2.01. The first kappa shape index (κ1) is 11.0. The van der Waals surface area contributed by atoms with Crippen LogP contribution in [0.5, 0.6) is 5.75 Å². The number of ether oxygens (including phenoxy) is 1. The van der Waals surface area contributed by atoms with E-state index in [0.29, 0.717) is 5.75 Å². The SMILES string of the molecule is NC(CC(=O)O)Oc1ccc(Br)cc1. The lowest BCUT2D eigenvalue weighted by Crippen LogP contribution is -2.29. The average Bonchev–Trinajstić information content (AvgIpc) is 2.07. The first-order chi connectivity index (χ1) is 6.58. The molecule has 0 heterocycles. The monoisotopic (exact) mass is 259 g/mol. The van der Waals surface area contributed by atoms with Crippen molar-refractivity contribution in [1.82, 2.24) is 0 Å². The lowest BCUT2D eigenvalue weighted by molar-refractivity contribution is -0.138. The molecule has 0 aromatic heterocycles. The third kappa shape index (κ3) is 3.76.